The maximum atomic E-state index is 12.3. The quantitative estimate of drug-likeness (QED) is 0.568. The van der Waals surface area contributed by atoms with Gasteiger partial charge in [-0.3, -0.25) is 4.79 Å². The number of hydrogen-bond acceptors (Lipinski definition) is 6. The minimum Gasteiger partial charge on any atom is -0.379 e. The van der Waals surface area contributed by atoms with Gasteiger partial charge in [0.25, 0.3) is 0 Å². The molecule has 1 aliphatic heterocycles. The van der Waals surface area contributed by atoms with Crippen molar-refractivity contribution in [1.82, 2.24) is 20.4 Å². The molecule has 2 aromatic rings. The van der Waals surface area contributed by atoms with Crippen molar-refractivity contribution in [1.29, 1.82) is 0 Å². The zero-order chi connectivity index (χ0) is 21.2. The van der Waals surface area contributed by atoms with Crippen molar-refractivity contribution in [3.8, 4) is 11.4 Å². The van der Waals surface area contributed by atoms with E-state index in [9.17, 15) is 4.79 Å². The van der Waals surface area contributed by atoms with Gasteiger partial charge in [0.15, 0.2) is 0 Å². The molecule has 0 unspecified atom stereocenters. The van der Waals surface area contributed by atoms with Gasteiger partial charge in [0.2, 0.25) is 17.6 Å². The Morgan fingerprint density at radius 3 is 2.73 bits per heavy atom. The highest BCUT2D eigenvalue weighted by atomic mass is 16.5. The van der Waals surface area contributed by atoms with E-state index in [1.165, 1.54) is 0 Å². The summed E-state index contributed by atoms with van der Waals surface area (Å²) in [6.07, 6.45) is 4.71. The van der Waals surface area contributed by atoms with Crippen molar-refractivity contribution in [3.63, 3.8) is 0 Å². The Bertz CT molecular complexity index is 755. The maximum absolute atomic E-state index is 12.3. The number of likely N-dealkylation sites (tertiary alicyclic amines) is 1. The topological polar surface area (TPSA) is 80.5 Å². The molecule has 0 atom stereocenters. The molecule has 0 bridgehead atoms. The number of piperidine rings is 1. The zero-order valence-corrected chi connectivity index (χ0v) is 18.2. The number of benzene rings is 1. The van der Waals surface area contributed by atoms with Gasteiger partial charge in [-0.15, -0.1) is 0 Å². The Morgan fingerprint density at radius 2 is 2.00 bits per heavy atom. The number of carbonyl (C=O) groups excluding carboxylic acids is 1. The van der Waals surface area contributed by atoms with Crippen LogP contribution in [0.1, 0.15) is 45.4 Å². The van der Waals surface area contributed by atoms with Gasteiger partial charge in [0, 0.05) is 31.1 Å². The molecule has 1 aromatic heterocycles. The summed E-state index contributed by atoms with van der Waals surface area (Å²) in [6.45, 7) is 8.36. The van der Waals surface area contributed by atoms with Gasteiger partial charge in [-0.05, 0) is 59.2 Å². The third-order valence-corrected chi connectivity index (χ3v) is 5.39. The fourth-order valence-corrected chi connectivity index (χ4v) is 3.68. The van der Waals surface area contributed by atoms with Gasteiger partial charge in [0.05, 0.1) is 6.10 Å². The second-order valence-electron chi connectivity index (χ2n) is 8.16. The predicted molar refractivity (Wildman–Crippen MR) is 116 cm³/mol. The lowest BCUT2D eigenvalue weighted by atomic mass is 9.95. The third-order valence-electron chi connectivity index (χ3n) is 5.39. The number of rotatable bonds is 11. The molecular weight excluding hydrogens is 380 g/mol. The molecular formula is C23H34N4O3. The Morgan fingerprint density at radius 1 is 1.23 bits per heavy atom. The van der Waals surface area contributed by atoms with Crippen LogP contribution in [0, 0.1) is 5.92 Å². The molecule has 1 fully saturated rings. The summed E-state index contributed by atoms with van der Waals surface area (Å²) in [5.74, 6) is 1.66. The molecule has 0 saturated carbocycles. The highest BCUT2D eigenvalue weighted by Gasteiger charge is 2.24. The average Bonchev–Trinajstić information content (AvgIpc) is 3.23. The third kappa shape index (κ3) is 7.22. The molecule has 1 aromatic carbocycles. The molecule has 0 radical (unpaired) electrons. The summed E-state index contributed by atoms with van der Waals surface area (Å²) in [6, 6.07) is 9.87. The number of ether oxygens (including phenoxy) is 1. The van der Waals surface area contributed by atoms with Gasteiger partial charge in [-0.1, -0.05) is 35.5 Å². The van der Waals surface area contributed by atoms with E-state index < -0.39 is 0 Å². The number of carbonyl (C=O) groups is 1. The Labute approximate surface area is 179 Å². The SMILES string of the molecule is CC(C)OCCCNC(=O)C1CCN(CCCc2nc(-c3ccccc3)no2)CC1. The molecule has 7 heteroatoms. The van der Waals surface area contributed by atoms with Crippen LogP contribution in [0.25, 0.3) is 11.4 Å². The number of amides is 1. The van der Waals surface area contributed by atoms with Gasteiger partial charge in [0.1, 0.15) is 0 Å². The monoisotopic (exact) mass is 414 g/mol. The molecule has 0 aliphatic carbocycles. The van der Waals surface area contributed by atoms with Crippen LogP contribution in [0.3, 0.4) is 0 Å². The fraction of sp³-hybridized carbons (Fsp3) is 0.609. The number of nitrogens with zero attached hydrogens (tertiary/aromatic N) is 3. The Balaban J connectivity index is 1.29. The van der Waals surface area contributed by atoms with E-state index in [1.54, 1.807) is 0 Å². The van der Waals surface area contributed by atoms with Crippen LogP contribution in [0.2, 0.25) is 0 Å². The van der Waals surface area contributed by atoms with E-state index in [4.69, 9.17) is 9.26 Å². The minimum absolute atomic E-state index is 0.136. The second kappa shape index (κ2) is 11.8. The zero-order valence-electron chi connectivity index (χ0n) is 18.2. The molecule has 164 valence electrons. The first kappa shape index (κ1) is 22.4. The summed E-state index contributed by atoms with van der Waals surface area (Å²) in [4.78, 5) is 19.2. The molecule has 30 heavy (non-hydrogen) atoms. The van der Waals surface area contributed by atoms with Gasteiger partial charge < -0.3 is 19.5 Å². The first-order valence-electron chi connectivity index (χ1n) is 11.1. The smallest absolute Gasteiger partial charge is 0.227 e. The lowest BCUT2D eigenvalue weighted by Gasteiger charge is -2.31. The lowest BCUT2D eigenvalue weighted by Crippen LogP contribution is -2.41. The van der Waals surface area contributed by atoms with Crippen LogP contribution in [0.4, 0.5) is 0 Å². The number of hydrogen-bond donors (Lipinski definition) is 1. The molecule has 1 amide bonds. The molecule has 1 aliphatic rings. The molecule has 2 heterocycles. The first-order valence-corrected chi connectivity index (χ1v) is 11.1. The van der Waals surface area contributed by atoms with E-state index in [2.05, 4.69) is 20.4 Å². The van der Waals surface area contributed by atoms with Crippen LogP contribution in [-0.4, -0.2) is 59.8 Å². The summed E-state index contributed by atoms with van der Waals surface area (Å²) in [7, 11) is 0. The van der Waals surface area contributed by atoms with Crippen LogP contribution in [-0.2, 0) is 16.0 Å². The summed E-state index contributed by atoms with van der Waals surface area (Å²) in [5.41, 5.74) is 0.972. The van der Waals surface area contributed by atoms with E-state index in [-0.39, 0.29) is 17.9 Å². The maximum Gasteiger partial charge on any atom is 0.227 e. The lowest BCUT2D eigenvalue weighted by molar-refractivity contribution is -0.126. The summed E-state index contributed by atoms with van der Waals surface area (Å²) in [5, 5.41) is 7.13. The standard InChI is InChI=1S/C23H34N4O3/c1-18(2)29-17-7-13-24-23(28)20-11-15-27(16-12-20)14-6-10-21-25-22(26-30-21)19-8-4-3-5-9-19/h3-5,8-9,18,20H,6-7,10-17H2,1-2H3,(H,24,28). The second-order valence-corrected chi connectivity index (χ2v) is 8.16. The van der Waals surface area contributed by atoms with Gasteiger partial charge in [-0.25, -0.2) is 0 Å². The van der Waals surface area contributed by atoms with E-state index in [1.807, 2.05) is 44.2 Å². The highest BCUT2D eigenvalue weighted by Crippen LogP contribution is 2.19. The molecule has 3 rings (SSSR count). The van der Waals surface area contributed by atoms with E-state index in [0.29, 0.717) is 24.9 Å². The summed E-state index contributed by atoms with van der Waals surface area (Å²) >= 11 is 0. The van der Waals surface area contributed by atoms with Crippen molar-refractivity contribution in [2.75, 3.05) is 32.8 Å². The number of aromatic nitrogens is 2. The van der Waals surface area contributed by atoms with Crippen molar-refractivity contribution < 1.29 is 14.1 Å². The number of nitrogens with one attached hydrogen (secondary N) is 1. The predicted octanol–water partition coefficient (Wildman–Crippen LogP) is 3.31. The molecule has 1 N–H and O–H groups in total. The largest absolute Gasteiger partial charge is 0.379 e. The normalized spacial score (nSPS) is 15.6. The fourth-order valence-electron chi connectivity index (χ4n) is 3.68. The summed E-state index contributed by atoms with van der Waals surface area (Å²) < 4.78 is 10.9. The van der Waals surface area contributed by atoms with Crippen molar-refractivity contribution in [3.05, 3.63) is 36.2 Å². The average molecular weight is 415 g/mol. The van der Waals surface area contributed by atoms with Crippen molar-refractivity contribution in [2.24, 2.45) is 5.92 Å². The highest BCUT2D eigenvalue weighted by molar-refractivity contribution is 5.78. The van der Waals surface area contributed by atoms with E-state index in [0.717, 1.165) is 57.3 Å². The Kier molecular flexibility index (Phi) is 8.83. The van der Waals surface area contributed by atoms with Crippen molar-refractivity contribution >= 4 is 5.91 Å². The van der Waals surface area contributed by atoms with Crippen LogP contribution >= 0.6 is 0 Å². The van der Waals surface area contributed by atoms with Crippen LogP contribution in [0.5, 0.6) is 0 Å². The van der Waals surface area contributed by atoms with Gasteiger partial charge in [-0.2, -0.15) is 4.98 Å². The van der Waals surface area contributed by atoms with Gasteiger partial charge >= 0.3 is 0 Å². The van der Waals surface area contributed by atoms with Crippen LogP contribution in [0.15, 0.2) is 34.9 Å². The molecule has 1 saturated heterocycles. The van der Waals surface area contributed by atoms with Crippen LogP contribution < -0.4 is 5.32 Å². The Hall–Kier alpha value is -2.25. The first-order chi connectivity index (χ1) is 14.6. The minimum atomic E-state index is 0.136. The molecule has 0 spiro atoms. The number of aryl methyl sites for hydroxylation is 1. The van der Waals surface area contributed by atoms with Crippen molar-refractivity contribution in [2.45, 2.75) is 52.1 Å². The molecule has 7 nitrogen and oxygen atoms in total. The van der Waals surface area contributed by atoms with E-state index >= 15 is 0 Å².